The Bertz CT molecular complexity index is 909. The number of benzene rings is 3. The van der Waals surface area contributed by atoms with Gasteiger partial charge >= 0.3 is 0 Å². The van der Waals surface area contributed by atoms with E-state index in [1.54, 1.807) is 0 Å². The fourth-order valence-electron chi connectivity index (χ4n) is 4.20. The molecule has 1 N–H and O–H groups in total. The van der Waals surface area contributed by atoms with E-state index in [4.69, 9.17) is 4.74 Å². The van der Waals surface area contributed by atoms with Crippen molar-refractivity contribution >= 4 is 16.7 Å². The van der Waals surface area contributed by atoms with Gasteiger partial charge in [-0.05, 0) is 29.9 Å². The molecular weight excluding hydrogens is 334 g/mol. The van der Waals surface area contributed by atoms with Gasteiger partial charge in [0.05, 0.1) is 12.0 Å². The third kappa shape index (κ3) is 3.55. The van der Waals surface area contributed by atoms with Crippen LogP contribution in [0.3, 0.4) is 0 Å². The summed E-state index contributed by atoms with van der Waals surface area (Å²) in [7, 11) is 0. The summed E-state index contributed by atoms with van der Waals surface area (Å²) in [4.78, 5) is 13.0. The Morgan fingerprint density at radius 3 is 2.41 bits per heavy atom. The zero-order chi connectivity index (χ0) is 18.5. The second-order valence-electron chi connectivity index (χ2n) is 7.24. The number of carbonyl (C=O) groups is 1. The number of hydrogen-bond acceptors (Lipinski definition) is 2. The first-order valence-corrected chi connectivity index (χ1v) is 9.74. The highest BCUT2D eigenvalue weighted by Gasteiger charge is 2.42. The van der Waals surface area contributed by atoms with Crippen LogP contribution in [-0.2, 0) is 10.2 Å². The van der Waals surface area contributed by atoms with E-state index in [-0.39, 0.29) is 11.3 Å². The average molecular weight is 359 g/mol. The van der Waals surface area contributed by atoms with E-state index in [2.05, 4.69) is 35.6 Å². The van der Waals surface area contributed by atoms with E-state index < -0.39 is 0 Å². The van der Waals surface area contributed by atoms with Crippen LogP contribution in [-0.4, -0.2) is 19.1 Å². The van der Waals surface area contributed by atoms with Crippen LogP contribution < -0.4 is 10.1 Å². The van der Waals surface area contributed by atoms with Crippen LogP contribution in [0.25, 0.3) is 10.8 Å². The lowest BCUT2D eigenvalue weighted by Crippen LogP contribution is -2.43. The minimum atomic E-state index is -0.374. The maximum absolute atomic E-state index is 13.0. The molecule has 3 heteroatoms. The predicted molar refractivity (Wildman–Crippen MR) is 109 cm³/mol. The van der Waals surface area contributed by atoms with Crippen molar-refractivity contribution in [1.29, 1.82) is 0 Å². The van der Waals surface area contributed by atoms with Crippen molar-refractivity contribution in [1.82, 2.24) is 5.32 Å². The summed E-state index contributed by atoms with van der Waals surface area (Å²) in [6, 6.07) is 24.4. The van der Waals surface area contributed by atoms with Crippen LogP contribution in [0.15, 0.2) is 72.8 Å². The summed E-state index contributed by atoms with van der Waals surface area (Å²) in [6.07, 6.45) is 4.06. The highest BCUT2D eigenvalue weighted by Crippen LogP contribution is 2.41. The first kappa shape index (κ1) is 17.6. The smallest absolute Gasteiger partial charge is 0.230 e. The molecule has 3 aromatic rings. The molecule has 0 unspecified atom stereocenters. The van der Waals surface area contributed by atoms with E-state index in [9.17, 15) is 4.79 Å². The van der Waals surface area contributed by atoms with Gasteiger partial charge in [-0.15, -0.1) is 0 Å². The van der Waals surface area contributed by atoms with Crippen LogP contribution in [0.5, 0.6) is 5.75 Å². The molecule has 1 fully saturated rings. The van der Waals surface area contributed by atoms with Gasteiger partial charge in [-0.2, -0.15) is 0 Å². The van der Waals surface area contributed by atoms with Crippen LogP contribution in [0.4, 0.5) is 0 Å². The van der Waals surface area contributed by atoms with Gasteiger partial charge in [-0.3, -0.25) is 4.79 Å². The molecule has 1 aliphatic carbocycles. The van der Waals surface area contributed by atoms with E-state index >= 15 is 0 Å². The van der Waals surface area contributed by atoms with E-state index in [0.29, 0.717) is 13.2 Å². The molecule has 0 heterocycles. The van der Waals surface area contributed by atoms with E-state index in [0.717, 1.165) is 47.8 Å². The standard InChI is InChI=1S/C24H25NO2/c26-23(24(15-6-7-16-24)20-11-2-1-3-12-20)25-17-18-27-22-14-8-10-19-9-4-5-13-21(19)22/h1-5,8-14H,6-7,15-18H2,(H,25,26). The molecule has 4 rings (SSSR count). The number of hydrogen-bond donors (Lipinski definition) is 1. The fourth-order valence-corrected chi connectivity index (χ4v) is 4.20. The molecule has 3 aromatic carbocycles. The minimum absolute atomic E-state index is 0.132. The molecule has 0 radical (unpaired) electrons. The molecule has 0 saturated heterocycles. The van der Waals surface area contributed by atoms with Crippen molar-refractivity contribution in [3.63, 3.8) is 0 Å². The number of ether oxygens (including phenoxy) is 1. The van der Waals surface area contributed by atoms with Gasteiger partial charge in [0, 0.05) is 5.39 Å². The summed E-state index contributed by atoms with van der Waals surface area (Å²) in [5, 5.41) is 5.38. The molecule has 0 atom stereocenters. The molecule has 138 valence electrons. The monoisotopic (exact) mass is 359 g/mol. The van der Waals surface area contributed by atoms with Crippen LogP contribution in [0.1, 0.15) is 31.2 Å². The molecule has 1 saturated carbocycles. The Morgan fingerprint density at radius 2 is 1.59 bits per heavy atom. The second kappa shape index (κ2) is 7.83. The molecule has 0 aliphatic heterocycles. The van der Waals surface area contributed by atoms with E-state index in [1.807, 2.05) is 42.5 Å². The SMILES string of the molecule is O=C(NCCOc1cccc2ccccc12)C1(c2ccccc2)CCCC1. The third-order valence-electron chi connectivity index (χ3n) is 5.61. The topological polar surface area (TPSA) is 38.3 Å². The summed E-state index contributed by atoms with van der Waals surface area (Å²) >= 11 is 0. The van der Waals surface area contributed by atoms with Gasteiger partial charge in [0.1, 0.15) is 12.4 Å². The summed E-state index contributed by atoms with van der Waals surface area (Å²) in [6.45, 7) is 0.973. The minimum Gasteiger partial charge on any atom is -0.491 e. The molecule has 1 amide bonds. The Hall–Kier alpha value is -2.81. The second-order valence-corrected chi connectivity index (χ2v) is 7.24. The Morgan fingerprint density at radius 1 is 0.889 bits per heavy atom. The molecule has 0 aromatic heterocycles. The lowest BCUT2D eigenvalue weighted by molar-refractivity contribution is -0.126. The zero-order valence-electron chi connectivity index (χ0n) is 15.5. The normalized spacial score (nSPS) is 15.6. The van der Waals surface area contributed by atoms with Gasteiger partial charge in [0.25, 0.3) is 0 Å². The largest absolute Gasteiger partial charge is 0.491 e. The number of carbonyl (C=O) groups excluding carboxylic acids is 1. The maximum atomic E-state index is 13.0. The molecule has 0 bridgehead atoms. The van der Waals surface area contributed by atoms with Crippen LogP contribution in [0, 0.1) is 0 Å². The number of rotatable bonds is 6. The molecule has 1 aliphatic rings. The van der Waals surface area contributed by atoms with Crippen molar-refractivity contribution in [2.75, 3.05) is 13.2 Å². The summed E-state index contributed by atoms with van der Waals surface area (Å²) < 4.78 is 5.96. The number of amides is 1. The molecule has 3 nitrogen and oxygen atoms in total. The average Bonchev–Trinajstić information content (AvgIpc) is 3.23. The maximum Gasteiger partial charge on any atom is 0.230 e. The Kier molecular flexibility index (Phi) is 5.10. The highest BCUT2D eigenvalue weighted by atomic mass is 16.5. The van der Waals surface area contributed by atoms with Crippen molar-refractivity contribution in [2.45, 2.75) is 31.1 Å². The zero-order valence-corrected chi connectivity index (χ0v) is 15.5. The van der Waals surface area contributed by atoms with Crippen LogP contribution >= 0.6 is 0 Å². The molecule has 27 heavy (non-hydrogen) atoms. The van der Waals surface area contributed by atoms with Crippen molar-refractivity contribution in [2.24, 2.45) is 0 Å². The first-order valence-electron chi connectivity index (χ1n) is 9.74. The van der Waals surface area contributed by atoms with Gasteiger partial charge in [-0.25, -0.2) is 0 Å². The highest BCUT2D eigenvalue weighted by molar-refractivity contribution is 5.89. The summed E-state index contributed by atoms with van der Waals surface area (Å²) in [5.74, 6) is 0.994. The molecule has 0 spiro atoms. The summed E-state index contributed by atoms with van der Waals surface area (Å²) in [5.41, 5.74) is 0.760. The quantitative estimate of drug-likeness (QED) is 0.639. The van der Waals surface area contributed by atoms with Crippen molar-refractivity contribution in [3.05, 3.63) is 78.4 Å². The van der Waals surface area contributed by atoms with Crippen LogP contribution in [0.2, 0.25) is 0 Å². The fraction of sp³-hybridized carbons (Fsp3) is 0.292. The lowest BCUT2D eigenvalue weighted by Gasteiger charge is -2.28. The number of nitrogens with one attached hydrogen (secondary N) is 1. The van der Waals surface area contributed by atoms with Gasteiger partial charge < -0.3 is 10.1 Å². The van der Waals surface area contributed by atoms with E-state index in [1.165, 1.54) is 0 Å². The Balaban J connectivity index is 1.39. The van der Waals surface area contributed by atoms with Gasteiger partial charge in [-0.1, -0.05) is 79.6 Å². The Labute approximate surface area is 160 Å². The van der Waals surface area contributed by atoms with Crippen molar-refractivity contribution in [3.8, 4) is 5.75 Å². The van der Waals surface area contributed by atoms with Crippen molar-refractivity contribution < 1.29 is 9.53 Å². The predicted octanol–water partition coefficient (Wildman–Crippen LogP) is 4.85. The van der Waals surface area contributed by atoms with Gasteiger partial charge in [0.2, 0.25) is 5.91 Å². The number of fused-ring (bicyclic) bond motifs is 1. The molecular formula is C24H25NO2. The third-order valence-corrected chi connectivity index (χ3v) is 5.61. The van der Waals surface area contributed by atoms with Gasteiger partial charge in [0.15, 0.2) is 0 Å². The first-order chi connectivity index (χ1) is 13.3. The lowest BCUT2D eigenvalue weighted by atomic mass is 9.78.